The number of rotatable bonds is 23. The maximum Gasteiger partial charge on any atom is 0.245 e. The molecule has 0 radical (unpaired) electrons. The lowest BCUT2D eigenvalue weighted by Gasteiger charge is -2.29. The number of halogens is 1. The highest BCUT2D eigenvalue weighted by molar-refractivity contribution is 8.76. The Morgan fingerprint density at radius 3 is 1.71 bits per heavy atom. The number of aliphatic hydroxyl groups excluding tert-OH is 1. The van der Waals surface area contributed by atoms with E-state index in [4.69, 9.17) is 17.3 Å². The Labute approximate surface area is 519 Å². The van der Waals surface area contributed by atoms with Gasteiger partial charge in [0.25, 0.3) is 0 Å². The van der Waals surface area contributed by atoms with Crippen LogP contribution in [0.3, 0.4) is 0 Å². The minimum Gasteiger partial charge on any atom is -0.508 e. The van der Waals surface area contributed by atoms with Gasteiger partial charge in [-0.1, -0.05) is 115 Å². The third kappa shape index (κ3) is 23.9. The number of nitrogens with two attached hydrogens (primary N) is 1. The first-order valence-corrected chi connectivity index (χ1v) is 31.5. The minimum absolute atomic E-state index is 0.00619. The first kappa shape index (κ1) is 70.3. The van der Waals surface area contributed by atoms with Gasteiger partial charge < -0.3 is 63.6 Å². The SMILES string of the molecule is CNCCCC[C@@H]1NC(=O)[C@@H](Cc2ccc(C(C)=O)cc2)NC(=O)[C@H](Cc2ccc(O)cc2)NC(=O)[C@H](NC(=O)[C@@H](CC(=O)CC(C)(C)C)Cc2ccc(Cl)cc2)CSSC[C@@H](C(=O)N[C@H](Cc2ccc(O)cc2)C(N)=O)NC(=O)[C@H]([C@@H](C)O)NC1=O. The number of ketones is 2. The minimum atomic E-state index is -1.76. The molecule has 0 unspecified atom stereocenters. The van der Waals surface area contributed by atoms with Gasteiger partial charge >= 0.3 is 0 Å². The summed E-state index contributed by atoms with van der Waals surface area (Å²) in [5.41, 5.74) is 7.81. The van der Waals surface area contributed by atoms with Gasteiger partial charge in [-0.05, 0) is 117 Å². The van der Waals surface area contributed by atoms with Crippen molar-refractivity contribution in [2.45, 2.75) is 141 Å². The van der Waals surface area contributed by atoms with Gasteiger partial charge in [-0.2, -0.15) is 0 Å². The molecule has 1 fully saturated rings. The smallest absolute Gasteiger partial charge is 0.245 e. The molecule has 22 nitrogen and oxygen atoms in total. The van der Waals surface area contributed by atoms with Crippen LogP contribution in [0.15, 0.2) is 97.1 Å². The summed E-state index contributed by atoms with van der Waals surface area (Å²) < 4.78 is 0. The van der Waals surface area contributed by atoms with Gasteiger partial charge in [0.2, 0.25) is 47.3 Å². The molecule has 5 rings (SSSR count). The van der Waals surface area contributed by atoms with Crippen LogP contribution in [0.4, 0.5) is 0 Å². The fourth-order valence-electron chi connectivity index (χ4n) is 9.41. The first-order valence-electron chi connectivity index (χ1n) is 28.6. The first-order chi connectivity index (χ1) is 41.2. The Bertz CT molecular complexity index is 3020. The Balaban J connectivity index is 1.63. The second kappa shape index (κ2) is 34.1. The summed E-state index contributed by atoms with van der Waals surface area (Å²) in [6.07, 6.45) is -1.33. The van der Waals surface area contributed by atoms with Crippen molar-refractivity contribution in [2.24, 2.45) is 17.1 Å². The second-order valence-electron chi connectivity index (χ2n) is 22.9. The lowest BCUT2D eigenvalue weighted by Crippen LogP contribution is -2.62. The number of carbonyl (C=O) groups is 10. The zero-order valence-electron chi connectivity index (χ0n) is 49.6. The molecule has 87 heavy (non-hydrogen) atoms. The van der Waals surface area contributed by atoms with Gasteiger partial charge in [-0.25, -0.2) is 0 Å². The molecule has 1 aliphatic heterocycles. The molecule has 1 aliphatic rings. The predicted molar refractivity (Wildman–Crippen MR) is 333 cm³/mol. The molecule has 9 atom stereocenters. The summed E-state index contributed by atoms with van der Waals surface area (Å²) in [7, 11) is 3.65. The molecular weight excluding hydrogens is 1180 g/mol. The standard InChI is InChI=1S/C62H80ClN9O13S2/c1-35(73)41-18-10-38(11-19-41)29-49-57(81)66-47(9-7-8-26-65-6)56(80)72-53(36(2)74)61(85)71-52(59(83)67-48(54(64)78)28-39-14-22-44(75)23-15-39)34-87-86-33-51(60(84)69-50(58(82)68-49)30-40-16-24-45(76)25-17-40)70-55(79)42(31-46(77)32-62(3,4)5)27-37-12-20-43(63)21-13-37/h10-25,36,42,47-53,65,74-76H,7-9,26-34H2,1-6H3,(H2,64,78)(H,66,81)(H,67,83)(H,68,82)(H,69,84)(H,70,79)(H,71,85)(H,72,80)/t36-,42-,47+,48-,49-,50+,51-,52+,53+/m1/s1. The lowest BCUT2D eigenvalue weighted by atomic mass is 9.85. The van der Waals surface area contributed by atoms with Gasteiger partial charge in [-0.15, -0.1) is 0 Å². The van der Waals surface area contributed by atoms with Crippen molar-refractivity contribution in [3.63, 3.8) is 0 Å². The molecular formula is C62H80ClN9O13S2. The molecule has 1 heterocycles. The van der Waals surface area contributed by atoms with Crippen LogP contribution in [0.25, 0.3) is 0 Å². The number of amides is 8. The fraction of sp³-hybridized carbons (Fsp3) is 0.452. The van der Waals surface area contributed by atoms with Crippen molar-refractivity contribution in [3.8, 4) is 11.5 Å². The van der Waals surface area contributed by atoms with Gasteiger partial charge in [-0.3, -0.25) is 47.9 Å². The fourth-order valence-corrected chi connectivity index (χ4v) is 11.9. The summed E-state index contributed by atoms with van der Waals surface area (Å²) in [5.74, 6) is -9.39. The van der Waals surface area contributed by atoms with Crippen molar-refractivity contribution in [2.75, 3.05) is 25.1 Å². The van der Waals surface area contributed by atoms with Crippen LogP contribution in [0, 0.1) is 11.3 Å². The van der Waals surface area contributed by atoms with Crippen molar-refractivity contribution in [1.82, 2.24) is 42.5 Å². The Morgan fingerprint density at radius 2 is 1.17 bits per heavy atom. The maximum atomic E-state index is 15.1. The summed E-state index contributed by atoms with van der Waals surface area (Å²) in [5, 5.41) is 53.5. The molecule has 8 amide bonds. The quantitative estimate of drug-likeness (QED) is 0.0288. The summed E-state index contributed by atoms with van der Waals surface area (Å²) in [4.78, 5) is 142. The third-order valence-electron chi connectivity index (χ3n) is 14.1. The van der Waals surface area contributed by atoms with Crippen LogP contribution in [-0.2, 0) is 68.8 Å². The lowest BCUT2D eigenvalue weighted by molar-refractivity contribution is -0.136. The molecule has 4 aromatic rings. The van der Waals surface area contributed by atoms with Gasteiger partial charge in [0.15, 0.2) is 5.78 Å². The molecule has 0 spiro atoms. The topological polar surface area (TPSA) is 354 Å². The van der Waals surface area contributed by atoms with E-state index in [9.17, 15) is 58.5 Å². The van der Waals surface area contributed by atoms with E-state index in [1.165, 1.54) is 62.4 Å². The third-order valence-corrected chi connectivity index (χ3v) is 16.8. The van der Waals surface area contributed by atoms with Gasteiger partial charge in [0, 0.05) is 60.1 Å². The van der Waals surface area contributed by atoms with E-state index in [0.29, 0.717) is 52.2 Å². The van der Waals surface area contributed by atoms with E-state index in [2.05, 4.69) is 42.5 Å². The van der Waals surface area contributed by atoms with Crippen LogP contribution >= 0.6 is 33.2 Å². The Hall–Kier alpha value is -7.51. The van der Waals surface area contributed by atoms with E-state index in [0.717, 1.165) is 21.6 Å². The van der Waals surface area contributed by atoms with Crippen LogP contribution in [0.1, 0.15) is 99.3 Å². The van der Waals surface area contributed by atoms with Crippen LogP contribution in [-0.4, -0.2) is 148 Å². The molecule has 0 saturated carbocycles. The number of primary amides is 1. The van der Waals surface area contributed by atoms with E-state index < -0.39 is 107 Å². The van der Waals surface area contributed by atoms with E-state index in [1.54, 1.807) is 55.6 Å². The van der Waals surface area contributed by atoms with E-state index in [-0.39, 0.29) is 79.5 Å². The maximum absolute atomic E-state index is 15.1. The van der Waals surface area contributed by atoms with Gasteiger partial charge in [0.1, 0.15) is 59.6 Å². The van der Waals surface area contributed by atoms with Crippen LogP contribution in [0.5, 0.6) is 11.5 Å². The normalized spacial score (nSPS) is 20.4. The number of nitrogens with one attached hydrogen (secondary N) is 8. The number of aromatic hydroxyl groups is 2. The Kier molecular flexibility index (Phi) is 27.6. The molecule has 0 bridgehead atoms. The molecule has 25 heteroatoms. The number of phenols is 2. The highest BCUT2D eigenvalue weighted by Gasteiger charge is 2.37. The van der Waals surface area contributed by atoms with Crippen molar-refractivity contribution >= 4 is 92.0 Å². The second-order valence-corrected chi connectivity index (χ2v) is 25.9. The number of hydrogen-bond acceptors (Lipinski definition) is 16. The van der Waals surface area contributed by atoms with Crippen molar-refractivity contribution < 1.29 is 63.3 Å². The van der Waals surface area contributed by atoms with Crippen molar-refractivity contribution in [1.29, 1.82) is 0 Å². The number of Topliss-reactive ketones (excluding diaryl/α,β-unsaturated/α-hetero) is 2. The molecule has 0 aromatic heterocycles. The molecule has 470 valence electrons. The highest BCUT2D eigenvalue weighted by Crippen LogP contribution is 2.27. The zero-order valence-corrected chi connectivity index (χ0v) is 52.0. The predicted octanol–water partition coefficient (Wildman–Crippen LogP) is 3.28. The number of phenolic OH excluding ortho intramolecular Hbond substituents is 2. The summed E-state index contributed by atoms with van der Waals surface area (Å²) in [6, 6.07) is 14.0. The van der Waals surface area contributed by atoms with Crippen molar-refractivity contribution in [3.05, 3.63) is 130 Å². The number of unbranched alkanes of at least 4 members (excludes halogenated alkanes) is 1. The Morgan fingerprint density at radius 1 is 0.667 bits per heavy atom. The number of carbonyl (C=O) groups excluding carboxylic acids is 10. The summed E-state index contributed by atoms with van der Waals surface area (Å²) >= 11 is 6.21. The van der Waals surface area contributed by atoms with Crippen LogP contribution in [0.2, 0.25) is 5.02 Å². The molecule has 4 aromatic carbocycles. The molecule has 13 N–H and O–H groups in total. The molecule has 1 saturated heterocycles. The van der Waals surface area contributed by atoms with E-state index in [1.807, 2.05) is 20.8 Å². The average Bonchev–Trinajstić information content (AvgIpc) is 2.63. The average molecular weight is 1260 g/mol. The molecule has 0 aliphatic carbocycles. The highest BCUT2D eigenvalue weighted by atomic mass is 35.5. The number of benzene rings is 4. The monoisotopic (exact) mass is 1260 g/mol. The van der Waals surface area contributed by atoms with E-state index >= 15 is 4.79 Å². The van der Waals surface area contributed by atoms with Crippen LogP contribution < -0.4 is 48.3 Å². The largest absolute Gasteiger partial charge is 0.508 e. The number of hydrogen-bond donors (Lipinski definition) is 12. The number of aliphatic hydroxyl groups is 1. The van der Waals surface area contributed by atoms with Gasteiger partial charge in [0.05, 0.1) is 6.10 Å². The summed E-state index contributed by atoms with van der Waals surface area (Å²) in [6.45, 7) is 8.79. The zero-order chi connectivity index (χ0) is 64.0.